The molecule has 0 aliphatic heterocycles. The average Bonchev–Trinajstić information content (AvgIpc) is 1.83. The van der Waals surface area contributed by atoms with Crippen LogP contribution in [0.3, 0.4) is 0 Å². The standard InChI is InChI=1S/C10H24N2/c1-8(2)12(7)10(5,6)9(3,4)11/h8H,11H2,1-7H3. The molecule has 0 atom stereocenters. The lowest BCUT2D eigenvalue weighted by Crippen LogP contribution is -2.62. The lowest BCUT2D eigenvalue weighted by Gasteiger charge is -2.47. The molecule has 0 heterocycles. The van der Waals surface area contributed by atoms with Crippen LogP contribution in [0.15, 0.2) is 0 Å². The Labute approximate surface area is 77.1 Å². The predicted octanol–water partition coefficient (Wildman–Crippen LogP) is 1.84. The summed E-state index contributed by atoms with van der Waals surface area (Å²) in [6.45, 7) is 12.9. The highest BCUT2D eigenvalue weighted by Gasteiger charge is 2.37. The molecule has 12 heavy (non-hydrogen) atoms. The third-order valence-corrected chi connectivity index (χ3v) is 3.23. The van der Waals surface area contributed by atoms with Gasteiger partial charge < -0.3 is 5.73 Å². The molecule has 0 fully saturated rings. The first-order valence-electron chi connectivity index (χ1n) is 4.62. The molecular formula is C10H24N2. The van der Waals surface area contributed by atoms with Crippen LogP contribution in [0.4, 0.5) is 0 Å². The molecule has 0 unspecified atom stereocenters. The van der Waals surface area contributed by atoms with E-state index in [1.165, 1.54) is 0 Å². The van der Waals surface area contributed by atoms with Crippen LogP contribution in [0, 0.1) is 0 Å². The number of hydrogen-bond acceptors (Lipinski definition) is 2. The first kappa shape index (κ1) is 11.9. The highest BCUT2D eigenvalue weighted by Crippen LogP contribution is 2.26. The van der Waals surface area contributed by atoms with E-state index >= 15 is 0 Å². The summed E-state index contributed by atoms with van der Waals surface area (Å²) in [7, 11) is 2.12. The van der Waals surface area contributed by atoms with Gasteiger partial charge in [-0.05, 0) is 48.6 Å². The van der Waals surface area contributed by atoms with Gasteiger partial charge in [0.2, 0.25) is 0 Å². The third-order valence-electron chi connectivity index (χ3n) is 3.23. The average molecular weight is 172 g/mol. The Bertz CT molecular complexity index is 142. The van der Waals surface area contributed by atoms with Crippen molar-refractivity contribution in [1.82, 2.24) is 4.90 Å². The first-order chi connectivity index (χ1) is 5.10. The van der Waals surface area contributed by atoms with Crippen LogP contribution in [-0.4, -0.2) is 29.1 Å². The van der Waals surface area contributed by atoms with Crippen LogP contribution in [0.5, 0.6) is 0 Å². The second kappa shape index (κ2) is 3.35. The van der Waals surface area contributed by atoms with Crippen molar-refractivity contribution in [3.05, 3.63) is 0 Å². The maximum Gasteiger partial charge on any atom is 0.0326 e. The molecule has 0 aliphatic carbocycles. The molecule has 74 valence electrons. The fourth-order valence-corrected chi connectivity index (χ4v) is 1.10. The molecular weight excluding hydrogens is 148 g/mol. The Morgan fingerprint density at radius 3 is 1.50 bits per heavy atom. The minimum Gasteiger partial charge on any atom is -0.324 e. The fraction of sp³-hybridized carbons (Fsp3) is 1.00. The normalized spacial score (nSPS) is 14.5. The van der Waals surface area contributed by atoms with Crippen LogP contribution in [0.2, 0.25) is 0 Å². The Morgan fingerprint density at radius 2 is 1.42 bits per heavy atom. The summed E-state index contributed by atoms with van der Waals surface area (Å²) in [6.07, 6.45) is 0. The van der Waals surface area contributed by atoms with Crippen LogP contribution >= 0.6 is 0 Å². The smallest absolute Gasteiger partial charge is 0.0326 e. The van der Waals surface area contributed by atoms with E-state index in [4.69, 9.17) is 5.73 Å². The summed E-state index contributed by atoms with van der Waals surface area (Å²) in [4.78, 5) is 2.31. The molecule has 0 radical (unpaired) electrons. The van der Waals surface area contributed by atoms with Crippen molar-refractivity contribution in [2.24, 2.45) is 5.73 Å². The van der Waals surface area contributed by atoms with Gasteiger partial charge in [-0.15, -0.1) is 0 Å². The third kappa shape index (κ3) is 2.20. The first-order valence-corrected chi connectivity index (χ1v) is 4.62. The Morgan fingerprint density at radius 1 is 1.08 bits per heavy atom. The number of nitrogens with zero attached hydrogens (tertiary/aromatic N) is 1. The van der Waals surface area contributed by atoms with Crippen molar-refractivity contribution >= 4 is 0 Å². The van der Waals surface area contributed by atoms with E-state index in [2.05, 4.69) is 53.5 Å². The highest BCUT2D eigenvalue weighted by atomic mass is 15.2. The number of rotatable bonds is 3. The summed E-state index contributed by atoms with van der Waals surface area (Å²) in [5.74, 6) is 0. The van der Waals surface area contributed by atoms with E-state index in [1.807, 2.05) is 0 Å². The molecule has 0 aromatic carbocycles. The van der Waals surface area contributed by atoms with Crippen molar-refractivity contribution in [2.75, 3.05) is 7.05 Å². The zero-order valence-corrected chi connectivity index (χ0v) is 9.60. The van der Waals surface area contributed by atoms with E-state index in [9.17, 15) is 0 Å². The van der Waals surface area contributed by atoms with E-state index in [-0.39, 0.29) is 11.1 Å². The maximum atomic E-state index is 6.11. The van der Waals surface area contributed by atoms with E-state index < -0.39 is 0 Å². The summed E-state index contributed by atoms with van der Waals surface area (Å²) in [6, 6.07) is 0.530. The fourth-order valence-electron chi connectivity index (χ4n) is 1.10. The predicted molar refractivity (Wildman–Crippen MR) is 55.2 cm³/mol. The van der Waals surface area contributed by atoms with Crippen LogP contribution in [0.25, 0.3) is 0 Å². The summed E-state index contributed by atoms with van der Waals surface area (Å²) in [5, 5.41) is 0. The molecule has 0 saturated heterocycles. The number of hydrogen-bond donors (Lipinski definition) is 1. The zero-order chi connectivity index (χ0) is 10.2. The molecule has 0 spiro atoms. The lowest BCUT2D eigenvalue weighted by molar-refractivity contribution is 0.0577. The molecule has 0 saturated carbocycles. The molecule has 2 nitrogen and oxygen atoms in total. The van der Waals surface area contributed by atoms with Gasteiger partial charge in [-0.2, -0.15) is 0 Å². The molecule has 2 N–H and O–H groups in total. The maximum absolute atomic E-state index is 6.11. The van der Waals surface area contributed by atoms with Crippen molar-refractivity contribution in [1.29, 1.82) is 0 Å². The second-order valence-corrected chi connectivity index (χ2v) is 4.99. The van der Waals surface area contributed by atoms with Gasteiger partial charge in [0, 0.05) is 17.1 Å². The monoisotopic (exact) mass is 172 g/mol. The Balaban J connectivity index is 4.61. The van der Waals surface area contributed by atoms with E-state index in [1.54, 1.807) is 0 Å². The van der Waals surface area contributed by atoms with Crippen molar-refractivity contribution in [2.45, 2.75) is 58.7 Å². The van der Waals surface area contributed by atoms with Gasteiger partial charge in [0.05, 0.1) is 0 Å². The number of nitrogens with two attached hydrogens (primary N) is 1. The Hall–Kier alpha value is -0.0800. The van der Waals surface area contributed by atoms with Gasteiger partial charge in [-0.1, -0.05) is 0 Å². The van der Waals surface area contributed by atoms with Crippen LogP contribution < -0.4 is 5.73 Å². The minimum absolute atomic E-state index is 0.0289. The van der Waals surface area contributed by atoms with Crippen molar-refractivity contribution in [3.8, 4) is 0 Å². The second-order valence-electron chi connectivity index (χ2n) is 4.99. The van der Waals surface area contributed by atoms with Crippen LogP contribution in [0.1, 0.15) is 41.5 Å². The summed E-state index contributed by atoms with van der Waals surface area (Å²) in [5.41, 5.74) is 5.96. The SMILES string of the molecule is CC(C)N(C)C(C)(C)C(C)(C)N. The molecule has 0 aromatic rings. The van der Waals surface area contributed by atoms with Gasteiger partial charge in [-0.25, -0.2) is 0 Å². The number of likely N-dealkylation sites (N-methyl/N-ethyl adjacent to an activating group) is 1. The summed E-state index contributed by atoms with van der Waals surface area (Å²) >= 11 is 0. The molecule has 0 aromatic heterocycles. The molecule has 0 bridgehead atoms. The molecule has 0 aliphatic rings. The Kier molecular flexibility index (Phi) is 3.32. The van der Waals surface area contributed by atoms with Gasteiger partial charge in [0.25, 0.3) is 0 Å². The van der Waals surface area contributed by atoms with Crippen LogP contribution in [-0.2, 0) is 0 Å². The van der Waals surface area contributed by atoms with Crippen molar-refractivity contribution < 1.29 is 0 Å². The van der Waals surface area contributed by atoms with Crippen molar-refractivity contribution in [3.63, 3.8) is 0 Å². The van der Waals surface area contributed by atoms with E-state index in [0.29, 0.717) is 6.04 Å². The van der Waals surface area contributed by atoms with Gasteiger partial charge in [0.1, 0.15) is 0 Å². The minimum atomic E-state index is -0.175. The summed E-state index contributed by atoms with van der Waals surface area (Å²) < 4.78 is 0. The van der Waals surface area contributed by atoms with Gasteiger partial charge in [-0.3, -0.25) is 4.90 Å². The topological polar surface area (TPSA) is 29.3 Å². The van der Waals surface area contributed by atoms with E-state index in [0.717, 1.165) is 0 Å². The molecule has 0 rings (SSSR count). The van der Waals surface area contributed by atoms with Gasteiger partial charge >= 0.3 is 0 Å². The zero-order valence-electron chi connectivity index (χ0n) is 9.60. The largest absolute Gasteiger partial charge is 0.324 e. The molecule has 2 heteroatoms. The highest BCUT2D eigenvalue weighted by molar-refractivity contribution is 4.98. The molecule has 0 amide bonds. The lowest BCUT2D eigenvalue weighted by atomic mass is 9.81. The van der Waals surface area contributed by atoms with Gasteiger partial charge in [0.15, 0.2) is 0 Å². The quantitative estimate of drug-likeness (QED) is 0.704.